The number of aryl methyl sites for hydroxylation is 1. The van der Waals surface area contributed by atoms with E-state index in [0.29, 0.717) is 6.61 Å². The van der Waals surface area contributed by atoms with E-state index in [2.05, 4.69) is 24.4 Å². The Morgan fingerprint density at radius 3 is 2.40 bits per heavy atom. The van der Waals surface area contributed by atoms with Gasteiger partial charge in [0.25, 0.3) is 0 Å². The lowest BCUT2D eigenvalue weighted by molar-refractivity contribution is -0.125. The van der Waals surface area contributed by atoms with E-state index in [1.54, 1.807) is 13.8 Å². The first-order chi connectivity index (χ1) is 11.3. The minimum absolute atomic E-state index is 0. The van der Waals surface area contributed by atoms with Gasteiger partial charge in [0.2, 0.25) is 5.91 Å². The molecule has 0 aliphatic carbocycles. The van der Waals surface area contributed by atoms with Gasteiger partial charge in [0.05, 0.1) is 11.6 Å². The smallest absolute Gasteiger partial charge is 0.239 e. The molecule has 0 saturated heterocycles. The highest BCUT2D eigenvalue weighted by atomic mass is 35.5. The standard InChI is InChI=1S/C20H26N2O2.ClH/c1-14-6-5-7-16(12-14)13-24-18-10-8-17(9-11-18)15(2)22-19(23)20(3,4)21;/h5-12,15H,13,21H2,1-4H3,(H,22,23);1H. The van der Waals surface area contributed by atoms with E-state index < -0.39 is 5.54 Å². The van der Waals surface area contributed by atoms with Crippen molar-refractivity contribution in [2.24, 2.45) is 5.73 Å². The minimum Gasteiger partial charge on any atom is -0.489 e. The van der Waals surface area contributed by atoms with Crippen LogP contribution >= 0.6 is 12.4 Å². The van der Waals surface area contributed by atoms with Gasteiger partial charge in [0.1, 0.15) is 12.4 Å². The molecule has 0 fully saturated rings. The Bertz CT molecular complexity index is 694. The second-order valence-electron chi connectivity index (χ2n) is 6.76. The summed E-state index contributed by atoms with van der Waals surface area (Å²) in [5.74, 6) is 0.632. The molecule has 2 aromatic rings. The highest BCUT2D eigenvalue weighted by molar-refractivity contribution is 5.85. The monoisotopic (exact) mass is 362 g/mol. The van der Waals surface area contributed by atoms with Crippen LogP contribution < -0.4 is 15.8 Å². The Morgan fingerprint density at radius 2 is 1.84 bits per heavy atom. The number of amides is 1. The molecule has 0 saturated carbocycles. The van der Waals surface area contributed by atoms with Crippen molar-refractivity contribution < 1.29 is 9.53 Å². The molecule has 4 nitrogen and oxygen atoms in total. The van der Waals surface area contributed by atoms with E-state index in [0.717, 1.165) is 16.9 Å². The maximum atomic E-state index is 11.9. The fourth-order valence-electron chi connectivity index (χ4n) is 2.29. The number of hydrogen-bond acceptors (Lipinski definition) is 3. The number of halogens is 1. The van der Waals surface area contributed by atoms with Gasteiger partial charge in [-0.2, -0.15) is 0 Å². The molecule has 0 aliphatic heterocycles. The van der Waals surface area contributed by atoms with E-state index in [4.69, 9.17) is 10.5 Å². The molecule has 0 bridgehead atoms. The summed E-state index contributed by atoms with van der Waals surface area (Å²) >= 11 is 0. The predicted octanol–water partition coefficient (Wildman–Crippen LogP) is 3.91. The Kier molecular flexibility index (Phi) is 7.46. The Balaban J connectivity index is 0.00000312. The number of benzene rings is 2. The number of hydrogen-bond donors (Lipinski definition) is 2. The zero-order valence-electron chi connectivity index (χ0n) is 15.2. The molecule has 0 aliphatic rings. The van der Waals surface area contributed by atoms with Gasteiger partial charge >= 0.3 is 0 Å². The average Bonchev–Trinajstić information content (AvgIpc) is 2.52. The van der Waals surface area contributed by atoms with Gasteiger partial charge in [-0.05, 0) is 51.0 Å². The molecule has 136 valence electrons. The van der Waals surface area contributed by atoms with Crippen molar-refractivity contribution in [1.29, 1.82) is 0 Å². The van der Waals surface area contributed by atoms with Crippen LogP contribution in [0, 0.1) is 6.92 Å². The van der Waals surface area contributed by atoms with Gasteiger partial charge in [-0.1, -0.05) is 42.0 Å². The summed E-state index contributed by atoms with van der Waals surface area (Å²) in [6.07, 6.45) is 0. The Hall–Kier alpha value is -2.04. The van der Waals surface area contributed by atoms with Gasteiger partial charge < -0.3 is 15.8 Å². The van der Waals surface area contributed by atoms with Crippen molar-refractivity contribution in [3.05, 3.63) is 65.2 Å². The van der Waals surface area contributed by atoms with Crippen molar-refractivity contribution >= 4 is 18.3 Å². The third-order valence-electron chi connectivity index (χ3n) is 3.80. The molecule has 2 rings (SSSR count). The molecule has 1 amide bonds. The topological polar surface area (TPSA) is 64.3 Å². The van der Waals surface area contributed by atoms with Crippen LogP contribution in [0.25, 0.3) is 0 Å². The molecule has 1 atom stereocenters. The van der Waals surface area contributed by atoms with Crippen LogP contribution in [0.2, 0.25) is 0 Å². The molecule has 5 heteroatoms. The Labute approximate surface area is 156 Å². The maximum Gasteiger partial charge on any atom is 0.239 e. The molecule has 25 heavy (non-hydrogen) atoms. The number of carbonyl (C=O) groups excluding carboxylic acids is 1. The molecule has 0 aromatic heterocycles. The fraction of sp³-hybridized carbons (Fsp3) is 0.350. The largest absolute Gasteiger partial charge is 0.489 e. The quantitative estimate of drug-likeness (QED) is 0.818. The number of ether oxygens (including phenoxy) is 1. The van der Waals surface area contributed by atoms with Gasteiger partial charge in [-0.25, -0.2) is 0 Å². The minimum atomic E-state index is -0.884. The lowest BCUT2D eigenvalue weighted by atomic mass is 10.0. The van der Waals surface area contributed by atoms with E-state index in [9.17, 15) is 4.79 Å². The zero-order valence-corrected chi connectivity index (χ0v) is 16.0. The summed E-state index contributed by atoms with van der Waals surface area (Å²) in [5, 5.41) is 2.91. The maximum absolute atomic E-state index is 11.9. The van der Waals surface area contributed by atoms with Crippen LogP contribution in [0.1, 0.15) is 43.5 Å². The van der Waals surface area contributed by atoms with Crippen LogP contribution in [-0.2, 0) is 11.4 Å². The molecule has 3 N–H and O–H groups in total. The zero-order chi connectivity index (χ0) is 17.7. The highest BCUT2D eigenvalue weighted by Crippen LogP contribution is 2.19. The van der Waals surface area contributed by atoms with Gasteiger partial charge in [0.15, 0.2) is 0 Å². The SMILES string of the molecule is Cc1cccc(COc2ccc(C(C)NC(=O)C(C)(C)N)cc2)c1.Cl. The Morgan fingerprint density at radius 1 is 1.20 bits per heavy atom. The van der Waals surface area contributed by atoms with E-state index in [1.165, 1.54) is 5.56 Å². The molecular weight excluding hydrogens is 336 g/mol. The average molecular weight is 363 g/mol. The first-order valence-electron chi connectivity index (χ1n) is 8.14. The summed E-state index contributed by atoms with van der Waals surface area (Å²) < 4.78 is 5.81. The second kappa shape index (κ2) is 8.88. The van der Waals surface area contributed by atoms with Crippen molar-refractivity contribution in [2.75, 3.05) is 0 Å². The van der Waals surface area contributed by atoms with Gasteiger partial charge in [-0.3, -0.25) is 4.79 Å². The van der Waals surface area contributed by atoms with Crippen LogP contribution in [0.3, 0.4) is 0 Å². The van der Waals surface area contributed by atoms with Gasteiger partial charge in [0, 0.05) is 0 Å². The fourth-order valence-corrected chi connectivity index (χ4v) is 2.29. The highest BCUT2D eigenvalue weighted by Gasteiger charge is 2.23. The predicted molar refractivity (Wildman–Crippen MR) is 104 cm³/mol. The van der Waals surface area contributed by atoms with Crippen LogP contribution in [0.5, 0.6) is 5.75 Å². The normalized spacial score (nSPS) is 12.0. The lowest BCUT2D eigenvalue weighted by Crippen LogP contribution is -2.49. The lowest BCUT2D eigenvalue weighted by Gasteiger charge is -2.22. The summed E-state index contributed by atoms with van der Waals surface area (Å²) in [6.45, 7) is 7.92. The van der Waals surface area contributed by atoms with Crippen LogP contribution in [0.4, 0.5) is 0 Å². The second-order valence-corrected chi connectivity index (χ2v) is 6.76. The first-order valence-corrected chi connectivity index (χ1v) is 8.14. The van der Waals surface area contributed by atoms with E-state index in [1.807, 2.05) is 43.3 Å². The first kappa shape index (κ1) is 21.0. The summed E-state index contributed by atoms with van der Waals surface area (Å²) in [7, 11) is 0. The number of rotatable bonds is 6. The molecule has 0 spiro atoms. The molecular formula is C20H27ClN2O2. The number of nitrogens with one attached hydrogen (secondary N) is 1. The van der Waals surface area contributed by atoms with Crippen LogP contribution in [-0.4, -0.2) is 11.4 Å². The number of nitrogens with two attached hydrogens (primary N) is 1. The summed E-state index contributed by atoms with van der Waals surface area (Å²) in [6, 6.07) is 15.9. The van der Waals surface area contributed by atoms with Crippen molar-refractivity contribution in [1.82, 2.24) is 5.32 Å². The molecule has 0 radical (unpaired) electrons. The van der Waals surface area contributed by atoms with Crippen LogP contribution in [0.15, 0.2) is 48.5 Å². The summed E-state index contributed by atoms with van der Waals surface area (Å²) in [4.78, 5) is 11.9. The summed E-state index contributed by atoms with van der Waals surface area (Å²) in [5.41, 5.74) is 8.29. The van der Waals surface area contributed by atoms with E-state index >= 15 is 0 Å². The molecule has 2 aromatic carbocycles. The third kappa shape index (κ3) is 6.40. The van der Waals surface area contributed by atoms with Crippen molar-refractivity contribution in [3.63, 3.8) is 0 Å². The third-order valence-corrected chi connectivity index (χ3v) is 3.80. The molecule has 1 unspecified atom stereocenters. The van der Waals surface area contributed by atoms with Crippen molar-refractivity contribution in [3.8, 4) is 5.75 Å². The van der Waals surface area contributed by atoms with Gasteiger partial charge in [-0.15, -0.1) is 12.4 Å². The number of carbonyl (C=O) groups is 1. The van der Waals surface area contributed by atoms with E-state index in [-0.39, 0.29) is 24.4 Å². The molecule has 0 heterocycles. The van der Waals surface area contributed by atoms with Crippen molar-refractivity contribution in [2.45, 2.75) is 45.9 Å².